The minimum atomic E-state index is -4.40. The lowest BCUT2D eigenvalue weighted by Crippen LogP contribution is -2.30. The molecule has 1 aromatic heterocycles. The van der Waals surface area contributed by atoms with E-state index in [9.17, 15) is 22.8 Å². The van der Waals surface area contributed by atoms with Gasteiger partial charge in [0.1, 0.15) is 11.6 Å². The summed E-state index contributed by atoms with van der Waals surface area (Å²) in [5.41, 5.74) is -6.04. The average molecular weight is 313 g/mol. The zero-order chi connectivity index (χ0) is 15.6. The van der Waals surface area contributed by atoms with Crippen molar-refractivity contribution < 1.29 is 13.2 Å². The van der Waals surface area contributed by atoms with Crippen LogP contribution in [0.1, 0.15) is 5.56 Å². The van der Waals surface area contributed by atoms with Crippen LogP contribution in [-0.4, -0.2) is 15.1 Å². The van der Waals surface area contributed by atoms with Crippen LogP contribution in [0.3, 0.4) is 0 Å². The molecule has 0 atom stereocenters. The van der Waals surface area contributed by atoms with Crippen LogP contribution in [0.4, 0.5) is 13.2 Å². The molecule has 9 heteroatoms. The number of rotatable bonds is 2. The van der Waals surface area contributed by atoms with Crippen molar-refractivity contribution in [2.24, 2.45) is 0 Å². The van der Waals surface area contributed by atoms with Crippen LogP contribution in [-0.2, 0) is 0 Å². The van der Waals surface area contributed by atoms with Gasteiger partial charge in [-0.05, 0) is 36.0 Å². The zero-order valence-electron chi connectivity index (χ0n) is 10.1. The first-order valence-electron chi connectivity index (χ1n) is 5.42. The maximum absolute atomic E-state index is 12.2. The number of alkyl halides is 3. The Morgan fingerprint density at radius 2 is 1.81 bits per heavy atom. The quantitative estimate of drug-likeness (QED) is 0.860. The third kappa shape index (κ3) is 3.55. The van der Waals surface area contributed by atoms with Crippen LogP contribution in [0.25, 0.3) is 5.69 Å². The Morgan fingerprint density at radius 1 is 1.19 bits per heavy atom. The molecule has 108 valence electrons. The van der Waals surface area contributed by atoms with Gasteiger partial charge < -0.3 is 0 Å². The van der Waals surface area contributed by atoms with Gasteiger partial charge in [-0.15, -0.1) is 0 Å². The number of nitriles is 1. The fourth-order valence-corrected chi connectivity index (χ4v) is 2.09. The predicted molar refractivity (Wildman–Crippen MR) is 69.3 cm³/mol. The Labute approximate surface area is 119 Å². The number of halogens is 3. The number of H-pyrrole nitrogens is 1. The normalized spacial score (nSPS) is 11.1. The number of nitrogens with zero attached hydrogens (tertiary/aromatic N) is 2. The Balaban J connectivity index is 2.42. The molecule has 0 radical (unpaired) electrons. The number of thioether (sulfide) groups is 1. The van der Waals surface area contributed by atoms with Crippen molar-refractivity contribution in [2.45, 2.75) is 10.4 Å². The molecule has 0 saturated heterocycles. The molecule has 0 bridgehead atoms. The molecule has 0 aliphatic rings. The van der Waals surface area contributed by atoms with Gasteiger partial charge in [-0.2, -0.15) is 18.4 Å². The van der Waals surface area contributed by atoms with E-state index in [2.05, 4.69) is 0 Å². The molecule has 5 nitrogen and oxygen atoms in total. The highest BCUT2D eigenvalue weighted by Gasteiger charge is 2.29. The van der Waals surface area contributed by atoms with Crippen molar-refractivity contribution in [3.8, 4) is 11.8 Å². The van der Waals surface area contributed by atoms with E-state index in [0.717, 1.165) is 10.8 Å². The second-order valence-electron chi connectivity index (χ2n) is 3.83. The maximum atomic E-state index is 12.2. The van der Waals surface area contributed by atoms with Crippen LogP contribution in [0, 0.1) is 11.3 Å². The summed E-state index contributed by atoms with van der Waals surface area (Å²) in [6.07, 6.45) is 1.03. The third-order valence-corrected chi connectivity index (χ3v) is 3.15. The number of hydrogen-bond acceptors (Lipinski definition) is 4. The summed E-state index contributed by atoms with van der Waals surface area (Å²) in [5.74, 6) is 0. The van der Waals surface area contributed by atoms with Crippen LogP contribution in [0.2, 0.25) is 0 Å². The van der Waals surface area contributed by atoms with Gasteiger partial charge >= 0.3 is 11.2 Å². The van der Waals surface area contributed by atoms with E-state index in [1.807, 2.05) is 4.98 Å². The number of aromatic nitrogens is 2. The average Bonchev–Trinajstić information content (AvgIpc) is 2.38. The molecule has 0 aliphatic carbocycles. The first kappa shape index (κ1) is 14.9. The first-order chi connectivity index (χ1) is 9.80. The largest absolute Gasteiger partial charge is 0.446 e. The molecule has 1 heterocycles. The fourth-order valence-electron chi connectivity index (χ4n) is 1.55. The minimum Gasteiger partial charge on any atom is -0.273 e. The molecular formula is C12H6F3N3O2S. The second kappa shape index (κ2) is 5.49. The number of benzene rings is 1. The number of nitrogens with one attached hydrogen (secondary N) is 1. The highest BCUT2D eigenvalue weighted by Crippen LogP contribution is 2.36. The van der Waals surface area contributed by atoms with Gasteiger partial charge in [0.05, 0.1) is 5.69 Å². The van der Waals surface area contributed by atoms with Gasteiger partial charge in [0, 0.05) is 11.1 Å². The van der Waals surface area contributed by atoms with Crippen molar-refractivity contribution in [3.05, 3.63) is 56.9 Å². The summed E-state index contributed by atoms with van der Waals surface area (Å²) in [6, 6.07) is 6.58. The molecule has 0 spiro atoms. The van der Waals surface area contributed by atoms with E-state index in [-0.39, 0.29) is 27.9 Å². The summed E-state index contributed by atoms with van der Waals surface area (Å²) in [4.78, 5) is 24.8. The summed E-state index contributed by atoms with van der Waals surface area (Å²) in [5, 5.41) is 8.74. The monoisotopic (exact) mass is 313 g/mol. The van der Waals surface area contributed by atoms with Crippen LogP contribution in [0.5, 0.6) is 0 Å². The van der Waals surface area contributed by atoms with E-state index in [0.29, 0.717) is 0 Å². The molecule has 0 saturated carbocycles. The smallest absolute Gasteiger partial charge is 0.273 e. The van der Waals surface area contributed by atoms with Crippen LogP contribution < -0.4 is 11.2 Å². The first-order valence-corrected chi connectivity index (χ1v) is 6.24. The highest BCUT2D eigenvalue weighted by atomic mass is 32.2. The number of hydrogen-bond donors (Lipinski definition) is 1. The molecule has 0 amide bonds. The molecule has 21 heavy (non-hydrogen) atoms. The second-order valence-corrected chi connectivity index (χ2v) is 4.96. The molecule has 0 fully saturated rings. The van der Waals surface area contributed by atoms with E-state index < -0.39 is 16.8 Å². The van der Waals surface area contributed by atoms with Gasteiger partial charge in [0.25, 0.3) is 5.56 Å². The van der Waals surface area contributed by atoms with Gasteiger partial charge in [0.2, 0.25) is 0 Å². The minimum absolute atomic E-state index is 0.0377. The van der Waals surface area contributed by atoms with Crippen LogP contribution >= 0.6 is 11.8 Å². The molecule has 2 aromatic rings. The molecule has 2 rings (SSSR count). The van der Waals surface area contributed by atoms with E-state index in [1.165, 1.54) is 24.3 Å². The molecular weight excluding hydrogens is 307 g/mol. The SMILES string of the molecule is N#Cc1cn(-c2ccc(SC(F)(F)F)cc2)c(=O)[nH]c1=O. The van der Waals surface area contributed by atoms with E-state index in [1.54, 1.807) is 6.07 Å². The van der Waals surface area contributed by atoms with Crippen molar-refractivity contribution in [3.63, 3.8) is 0 Å². The fraction of sp³-hybridized carbons (Fsp3) is 0.0833. The molecule has 0 unspecified atom stereocenters. The van der Waals surface area contributed by atoms with Crippen LogP contribution in [0.15, 0.2) is 44.9 Å². The molecule has 1 N–H and O–H groups in total. The van der Waals surface area contributed by atoms with E-state index >= 15 is 0 Å². The van der Waals surface area contributed by atoms with Crippen molar-refractivity contribution in [1.82, 2.24) is 9.55 Å². The Bertz CT molecular complexity index is 816. The third-order valence-electron chi connectivity index (χ3n) is 2.41. The summed E-state index contributed by atoms with van der Waals surface area (Å²) in [7, 11) is 0. The highest BCUT2D eigenvalue weighted by molar-refractivity contribution is 8.00. The van der Waals surface area contributed by atoms with Gasteiger partial charge in [-0.3, -0.25) is 14.3 Å². The lowest BCUT2D eigenvalue weighted by atomic mass is 10.3. The molecule has 0 aliphatic heterocycles. The topological polar surface area (TPSA) is 78.7 Å². The Kier molecular flexibility index (Phi) is 3.90. The Hall–Kier alpha value is -2.47. The van der Waals surface area contributed by atoms with Gasteiger partial charge in [0.15, 0.2) is 0 Å². The Morgan fingerprint density at radius 3 is 2.33 bits per heavy atom. The standard InChI is InChI=1S/C12H6F3N3O2S/c13-12(14,15)21-9-3-1-8(2-4-9)18-6-7(5-16)10(19)17-11(18)20/h1-4,6H,(H,17,19,20). The predicted octanol–water partition coefficient (Wildman–Crippen LogP) is 2.01. The summed E-state index contributed by atoms with van der Waals surface area (Å²) >= 11 is -0.279. The van der Waals surface area contributed by atoms with Gasteiger partial charge in [-0.25, -0.2) is 4.79 Å². The van der Waals surface area contributed by atoms with Crippen molar-refractivity contribution >= 4 is 11.8 Å². The zero-order valence-corrected chi connectivity index (χ0v) is 11.0. The lowest BCUT2D eigenvalue weighted by Gasteiger charge is -2.08. The van der Waals surface area contributed by atoms with Gasteiger partial charge in [-0.1, -0.05) is 0 Å². The van der Waals surface area contributed by atoms with Crippen molar-refractivity contribution in [2.75, 3.05) is 0 Å². The lowest BCUT2D eigenvalue weighted by molar-refractivity contribution is -0.0328. The summed E-state index contributed by atoms with van der Waals surface area (Å²) in [6.45, 7) is 0. The summed E-state index contributed by atoms with van der Waals surface area (Å²) < 4.78 is 37.6. The number of aromatic amines is 1. The maximum Gasteiger partial charge on any atom is 0.446 e. The molecule has 1 aromatic carbocycles. The van der Waals surface area contributed by atoms with E-state index in [4.69, 9.17) is 5.26 Å². The van der Waals surface area contributed by atoms with Crippen molar-refractivity contribution in [1.29, 1.82) is 5.26 Å².